The second kappa shape index (κ2) is 10.7. The predicted molar refractivity (Wildman–Crippen MR) is 207 cm³/mol. The van der Waals surface area contributed by atoms with Crippen LogP contribution in [0.15, 0.2) is 169 Å². The van der Waals surface area contributed by atoms with Gasteiger partial charge in [-0.15, -0.1) is 0 Å². The SMILES string of the molecule is c1cncc(-c2ccc3c(c2)c2ncccc2n3-c2ccc3oc4ccc(-c5ccc6c(c5)c5ccccc5n6-c5cccnc5)cc4c3c2)c1. The Morgan fingerprint density at radius 2 is 1.02 bits per heavy atom. The molecule has 0 N–H and O–H groups in total. The summed E-state index contributed by atoms with van der Waals surface area (Å²) in [6, 6.07) is 47.2. The number of nitrogens with zero attached hydrogens (tertiary/aromatic N) is 5. The Bertz CT molecular complexity index is 3140. The molecule has 5 aromatic carbocycles. The van der Waals surface area contributed by atoms with Crippen molar-refractivity contribution >= 4 is 65.7 Å². The normalized spacial score (nSPS) is 11.9. The molecule has 0 saturated carbocycles. The standard InChI is InChI=1S/C45H27N5O/c1-2-9-39-34(8-1)35-22-28(11-15-40(35)50(39)33-7-4-20-47-27-33)29-13-17-43-36(23-29)37-25-32(14-18-44(37)51-43)49-41-16-12-30(31-6-3-19-46-26-31)24-38(41)45-42(49)10-5-21-48-45/h1-27H. The van der Waals surface area contributed by atoms with Crippen LogP contribution in [0.2, 0.25) is 0 Å². The molecule has 238 valence electrons. The summed E-state index contributed by atoms with van der Waals surface area (Å²) in [5.41, 5.74) is 13.8. The first-order valence-electron chi connectivity index (χ1n) is 17.0. The zero-order valence-corrected chi connectivity index (χ0v) is 27.2. The van der Waals surface area contributed by atoms with E-state index in [9.17, 15) is 0 Å². The van der Waals surface area contributed by atoms with Crippen LogP contribution in [-0.4, -0.2) is 24.1 Å². The van der Waals surface area contributed by atoms with Crippen LogP contribution < -0.4 is 0 Å². The van der Waals surface area contributed by atoms with Crippen molar-refractivity contribution in [1.82, 2.24) is 24.1 Å². The average Bonchev–Trinajstić information content (AvgIpc) is 3.85. The van der Waals surface area contributed by atoms with E-state index in [1.54, 1.807) is 6.20 Å². The molecule has 0 saturated heterocycles. The highest BCUT2D eigenvalue weighted by molar-refractivity contribution is 6.12. The van der Waals surface area contributed by atoms with Gasteiger partial charge in [0.25, 0.3) is 0 Å². The van der Waals surface area contributed by atoms with Crippen LogP contribution in [0.25, 0.3) is 99.3 Å². The molecule has 11 aromatic rings. The van der Waals surface area contributed by atoms with Crippen LogP contribution in [0, 0.1) is 0 Å². The van der Waals surface area contributed by atoms with Gasteiger partial charge in [0.2, 0.25) is 0 Å². The van der Waals surface area contributed by atoms with Gasteiger partial charge in [0.05, 0.1) is 39.5 Å². The highest BCUT2D eigenvalue weighted by atomic mass is 16.3. The zero-order valence-electron chi connectivity index (χ0n) is 27.2. The lowest BCUT2D eigenvalue weighted by atomic mass is 10.0. The smallest absolute Gasteiger partial charge is 0.135 e. The summed E-state index contributed by atoms with van der Waals surface area (Å²) >= 11 is 0. The predicted octanol–water partition coefficient (Wildman–Crippen LogP) is 11.3. The Kier molecular flexibility index (Phi) is 5.86. The molecule has 0 spiro atoms. The lowest BCUT2D eigenvalue weighted by Crippen LogP contribution is -1.94. The maximum atomic E-state index is 6.40. The average molecular weight is 654 g/mol. The molecule has 6 aromatic heterocycles. The maximum absolute atomic E-state index is 6.40. The number of rotatable bonds is 4. The van der Waals surface area contributed by atoms with E-state index in [0.717, 1.165) is 88.5 Å². The van der Waals surface area contributed by atoms with E-state index in [1.807, 2.05) is 43.0 Å². The van der Waals surface area contributed by atoms with Crippen molar-refractivity contribution in [1.29, 1.82) is 0 Å². The zero-order chi connectivity index (χ0) is 33.5. The van der Waals surface area contributed by atoms with E-state index in [2.05, 4.69) is 134 Å². The molecule has 0 unspecified atom stereocenters. The second-order valence-electron chi connectivity index (χ2n) is 13.0. The van der Waals surface area contributed by atoms with Gasteiger partial charge in [0.1, 0.15) is 11.2 Å². The molecule has 11 rings (SSSR count). The van der Waals surface area contributed by atoms with E-state index < -0.39 is 0 Å². The number of fused-ring (bicyclic) bond motifs is 9. The first kappa shape index (κ1) is 27.9. The van der Waals surface area contributed by atoms with E-state index in [4.69, 9.17) is 9.40 Å². The fourth-order valence-electron chi connectivity index (χ4n) is 7.83. The molecular weight excluding hydrogens is 627 g/mol. The summed E-state index contributed by atoms with van der Waals surface area (Å²) in [6.07, 6.45) is 9.30. The second-order valence-corrected chi connectivity index (χ2v) is 13.0. The number of para-hydroxylation sites is 1. The quantitative estimate of drug-likeness (QED) is 0.190. The van der Waals surface area contributed by atoms with Gasteiger partial charge in [-0.25, -0.2) is 0 Å². The van der Waals surface area contributed by atoms with Crippen LogP contribution in [-0.2, 0) is 0 Å². The molecule has 6 heterocycles. The fraction of sp³-hybridized carbons (Fsp3) is 0. The van der Waals surface area contributed by atoms with Gasteiger partial charge in [-0.1, -0.05) is 42.5 Å². The number of benzene rings is 5. The highest BCUT2D eigenvalue weighted by Crippen LogP contribution is 2.39. The van der Waals surface area contributed by atoms with E-state index >= 15 is 0 Å². The lowest BCUT2D eigenvalue weighted by Gasteiger charge is -2.09. The first-order chi connectivity index (χ1) is 25.3. The summed E-state index contributed by atoms with van der Waals surface area (Å²) < 4.78 is 11.0. The van der Waals surface area contributed by atoms with Crippen molar-refractivity contribution in [3.8, 4) is 33.6 Å². The minimum absolute atomic E-state index is 0.860. The Balaban J connectivity index is 1.07. The first-order valence-corrected chi connectivity index (χ1v) is 17.0. The third-order valence-electron chi connectivity index (χ3n) is 10.1. The van der Waals surface area contributed by atoms with Crippen LogP contribution in [0.3, 0.4) is 0 Å². The Hall–Kier alpha value is -7.05. The number of aromatic nitrogens is 5. The summed E-state index contributed by atoms with van der Waals surface area (Å²) in [7, 11) is 0. The number of hydrogen-bond donors (Lipinski definition) is 0. The Labute approximate surface area is 291 Å². The third-order valence-corrected chi connectivity index (χ3v) is 10.1. The molecular formula is C45H27N5O. The Morgan fingerprint density at radius 1 is 0.392 bits per heavy atom. The number of pyridine rings is 3. The number of hydrogen-bond acceptors (Lipinski definition) is 4. The van der Waals surface area contributed by atoms with E-state index in [-0.39, 0.29) is 0 Å². The van der Waals surface area contributed by atoms with Crippen LogP contribution in [0.5, 0.6) is 0 Å². The van der Waals surface area contributed by atoms with Gasteiger partial charge in [-0.05, 0) is 108 Å². The molecule has 0 bridgehead atoms. The minimum atomic E-state index is 0.860. The largest absolute Gasteiger partial charge is 0.456 e. The third kappa shape index (κ3) is 4.20. The molecule has 0 aliphatic heterocycles. The van der Waals surface area contributed by atoms with Crippen molar-refractivity contribution in [2.24, 2.45) is 0 Å². The molecule has 6 nitrogen and oxygen atoms in total. The maximum Gasteiger partial charge on any atom is 0.135 e. The summed E-state index contributed by atoms with van der Waals surface area (Å²) in [5.74, 6) is 0. The molecule has 51 heavy (non-hydrogen) atoms. The van der Waals surface area contributed by atoms with Gasteiger partial charge in [-0.2, -0.15) is 0 Å². The van der Waals surface area contributed by atoms with Gasteiger partial charge < -0.3 is 13.6 Å². The van der Waals surface area contributed by atoms with Crippen molar-refractivity contribution in [2.75, 3.05) is 0 Å². The van der Waals surface area contributed by atoms with Crippen molar-refractivity contribution in [3.05, 3.63) is 164 Å². The lowest BCUT2D eigenvalue weighted by molar-refractivity contribution is 0.669. The van der Waals surface area contributed by atoms with Gasteiger partial charge in [0, 0.05) is 63.0 Å². The molecule has 0 fully saturated rings. The van der Waals surface area contributed by atoms with E-state index in [0.29, 0.717) is 0 Å². The molecule has 0 aliphatic rings. The van der Waals surface area contributed by atoms with Crippen LogP contribution in [0.4, 0.5) is 0 Å². The van der Waals surface area contributed by atoms with E-state index in [1.165, 1.54) is 10.8 Å². The summed E-state index contributed by atoms with van der Waals surface area (Å²) in [5, 5.41) is 5.68. The molecule has 0 aliphatic carbocycles. The van der Waals surface area contributed by atoms with Gasteiger partial charge in [0.15, 0.2) is 0 Å². The molecule has 0 amide bonds. The monoisotopic (exact) mass is 653 g/mol. The van der Waals surface area contributed by atoms with Crippen molar-refractivity contribution < 1.29 is 4.42 Å². The number of furan rings is 1. The molecule has 0 atom stereocenters. The Morgan fingerprint density at radius 3 is 1.84 bits per heavy atom. The fourth-order valence-corrected chi connectivity index (χ4v) is 7.83. The van der Waals surface area contributed by atoms with Gasteiger partial charge >= 0.3 is 0 Å². The molecule has 0 radical (unpaired) electrons. The van der Waals surface area contributed by atoms with Crippen LogP contribution in [0.1, 0.15) is 0 Å². The minimum Gasteiger partial charge on any atom is -0.456 e. The summed E-state index contributed by atoms with van der Waals surface area (Å²) in [4.78, 5) is 13.6. The topological polar surface area (TPSA) is 61.7 Å². The van der Waals surface area contributed by atoms with Crippen molar-refractivity contribution in [3.63, 3.8) is 0 Å². The van der Waals surface area contributed by atoms with Gasteiger partial charge in [-0.3, -0.25) is 15.0 Å². The molecule has 6 heteroatoms. The highest BCUT2D eigenvalue weighted by Gasteiger charge is 2.18. The van der Waals surface area contributed by atoms with Crippen LogP contribution >= 0.6 is 0 Å². The van der Waals surface area contributed by atoms with Crippen molar-refractivity contribution in [2.45, 2.75) is 0 Å². The summed E-state index contributed by atoms with van der Waals surface area (Å²) in [6.45, 7) is 0.